The molecule has 2 aliphatic rings. The molecule has 1 unspecified atom stereocenters. The van der Waals surface area contributed by atoms with E-state index in [9.17, 15) is 31.1 Å². The summed E-state index contributed by atoms with van der Waals surface area (Å²) >= 11 is 3.31. The Kier molecular flexibility index (Phi) is 7.02. The summed E-state index contributed by atoms with van der Waals surface area (Å²) in [6.45, 7) is 3.80. The van der Waals surface area contributed by atoms with E-state index in [1.165, 1.54) is 6.08 Å². The zero-order chi connectivity index (χ0) is 26.4. The molecule has 0 saturated carbocycles. The number of carbonyl (C=O) groups is 1. The van der Waals surface area contributed by atoms with Gasteiger partial charge in [0, 0.05) is 23.1 Å². The van der Waals surface area contributed by atoms with E-state index in [0.29, 0.717) is 11.1 Å². The van der Waals surface area contributed by atoms with E-state index in [4.69, 9.17) is 0 Å². The number of benzene rings is 1. The molecular weight excluding hydrogens is 554 g/mol. The van der Waals surface area contributed by atoms with Crippen molar-refractivity contribution in [3.63, 3.8) is 0 Å². The number of hydrogen-bond donors (Lipinski definition) is 1. The zero-order valence-electron chi connectivity index (χ0n) is 19.3. The molecule has 2 heterocycles. The van der Waals surface area contributed by atoms with Gasteiger partial charge >= 0.3 is 12.4 Å². The van der Waals surface area contributed by atoms with Crippen LogP contribution in [0.1, 0.15) is 47.9 Å². The van der Waals surface area contributed by atoms with Crippen molar-refractivity contribution in [2.75, 3.05) is 18.0 Å². The maximum absolute atomic E-state index is 13.9. The lowest BCUT2D eigenvalue weighted by atomic mass is 9.88. The van der Waals surface area contributed by atoms with Gasteiger partial charge in [-0.15, -0.1) is 0 Å². The summed E-state index contributed by atoms with van der Waals surface area (Å²) < 4.78 is 82.8. The van der Waals surface area contributed by atoms with Crippen LogP contribution in [0, 0.1) is 5.92 Å². The molecule has 4 rings (SSSR count). The van der Waals surface area contributed by atoms with Gasteiger partial charge in [-0.1, -0.05) is 47.1 Å². The lowest BCUT2D eigenvalue weighted by Gasteiger charge is -2.27. The second-order valence-electron chi connectivity index (χ2n) is 8.97. The van der Waals surface area contributed by atoms with Crippen LogP contribution in [0.4, 0.5) is 32.2 Å². The van der Waals surface area contributed by atoms with Crippen LogP contribution in [0.2, 0.25) is 0 Å². The van der Waals surface area contributed by atoms with Gasteiger partial charge in [-0.05, 0) is 42.5 Å². The van der Waals surface area contributed by atoms with E-state index in [1.807, 2.05) is 0 Å². The molecule has 2 atom stereocenters. The average Bonchev–Trinajstić information content (AvgIpc) is 3.34. The number of alkyl halides is 6. The number of nitrogens with one attached hydrogen (secondary N) is 1. The van der Waals surface area contributed by atoms with Gasteiger partial charge in [-0.25, -0.2) is 4.68 Å². The van der Waals surface area contributed by atoms with Crippen molar-refractivity contribution in [3.8, 4) is 0 Å². The molecule has 2 aromatic rings. The third kappa shape index (κ3) is 5.33. The third-order valence-electron chi connectivity index (χ3n) is 6.42. The first-order valence-electron chi connectivity index (χ1n) is 11.2. The van der Waals surface area contributed by atoms with Crippen LogP contribution < -0.4 is 10.2 Å². The van der Waals surface area contributed by atoms with Crippen molar-refractivity contribution in [2.24, 2.45) is 5.92 Å². The summed E-state index contributed by atoms with van der Waals surface area (Å²) in [5, 5.41) is 6.32. The van der Waals surface area contributed by atoms with Gasteiger partial charge in [0.25, 0.3) is 5.91 Å². The minimum absolute atomic E-state index is 0.0153. The summed E-state index contributed by atoms with van der Waals surface area (Å²) in [6, 6.07) is 6.43. The third-order valence-corrected chi connectivity index (χ3v) is 6.94. The summed E-state index contributed by atoms with van der Waals surface area (Å²) in [4.78, 5) is 14.8. The summed E-state index contributed by atoms with van der Waals surface area (Å²) in [5.74, 6) is -1.36. The van der Waals surface area contributed by atoms with Crippen LogP contribution in [0.25, 0.3) is 0 Å². The fourth-order valence-corrected chi connectivity index (χ4v) is 4.72. The highest BCUT2D eigenvalue weighted by Crippen LogP contribution is 2.40. The minimum atomic E-state index is -4.86. The highest BCUT2D eigenvalue weighted by molar-refractivity contribution is 9.10. The predicted molar refractivity (Wildman–Crippen MR) is 125 cm³/mol. The minimum Gasteiger partial charge on any atom is -0.350 e. The molecular formula is C24H23BrF6N4O. The molecule has 1 amide bonds. The van der Waals surface area contributed by atoms with Crippen molar-refractivity contribution in [3.05, 3.63) is 68.9 Å². The van der Waals surface area contributed by atoms with Crippen LogP contribution in [0.3, 0.4) is 0 Å². The number of hydrogen-bond acceptors (Lipinski definition) is 3. The van der Waals surface area contributed by atoms with Crippen molar-refractivity contribution < 1.29 is 31.1 Å². The Bertz CT molecular complexity index is 1210. The Morgan fingerprint density at radius 2 is 1.78 bits per heavy atom. The summed E-state index contributed by atoms with van der Waals surface area (Å²) in [5.41, 5.74) is -1.17. The standard InChI is InChI=1S/C24H23BrF6N4O/c1-13-11-17(23(26,27)28)6-3-16(13)12-34-9-10-35-22(34)19(20(33-35)24(29,30)31)21(36)32-14(2)15-4-7-18(25)8-5-15/h3-8,13-14H,9-12H2,1-2H3,(H,32,36)/t13?,14-/m0/s1. The average molecular weight is 577 g/mol. The van der Waals surface area contributed by atoms with Crippen molar-refractivity contribution >= 4 is 27.7 Å². The number of amides is 1. The Morgan fingerprint density at radius 3 is 2.36 bits per heavy atom. The molecule has 12 heteroatoms. The zero-order valence-corrected chi connectivity index (χ0v) is 20.9. The van der Waals surface area contributed by atoms with Gasteiger partial charge < -0.3 is 10.2 Å². The summed E-state index contributed by atoms with van der Waals surface area (Å²) in [6.07, 6.45) is -7.12. The SMILES string of the molecule is CC1CC(C(F)(F)F)=CC=C1CN1CCn2nc(C(F)(F)F)c(C(=O)N[C@@H](C)c3ccc(Br)cc3)c21. The van der Waals surface area contributed by atoms with E-state index in [0.717, 1.165) is 15.2 Å². The van der Waals surface area contributed by atoms with Gasteiger partial charge in [0.2, 0.25) is 0 Å². The summed E-state index contributed by atoms with van der Waals surface area (Å²) in [7, 11) is 0. The van der Waals surface area contributed by atoms with Gasteiger partial charge in [-0.3, -0.25) is 4.79 Å². The van der Waals surface area contributed by atoms with E-state index >= 15 is 0 Å². The molecule has 1 aliphatic heterocycles. The molecule has 0 radical (unpaired) electrons. The van der Waals surface area contributed by atoms with Crippen molar-refractivity contribution in [1.29, 1.82) is 0 Å². The molecule has 0 fully saturated rings. The number of halogens is 7. The molecule has 1 aliphatic carbocycles. The number of aromatic nitrogens is 2. The number of carbonyl (C=O) groups excluding carboxylic acids is 1. The van der Waals surface area contributed by atoms with Crippen LogP contribution >= 0.6 is 15.9 Å². The quantitative estimate of drug-likeness (QED) is 0.417. The lowest BCUT2D eigenvalue weighted by Crippen LogP contribution is -2.32. The van der Waals surface area contributed by atoms with Gasteiger partial charge in [0.05, 0.1) is 12.6 Å². The van der Waals surface area contributed by atoms with E-state index in [-0.39, 0.29) is 31.9 Å². The van der Waals surface area contributed by atoms with Gasteiger partial charge in [-0.2, -0.15) is 31.4 Å². The largest absolute Gasteiger partial charge is 0.436 e. The molecule has 36 heavy (non-hydrogen) atoms. The number of allylic oxidation sites excluding steroid dienone is 3. The fraction of sp³-hybridized carbons (Fsp3) is 0.417. The topological polar surface area (TPSA) is 50.2 Å². The maximum Gasteiger partial charge on any atom is 0.436 e. The van der Waals surface area contributed by atoms with E-state index < -0.39 is 47.1 Å². The first-order chi connectivity index (χ1) is 16.8. The van der Waals surface area contributed by atoms with Gasteiger partial charge in [0.15, 0.2) is 5.69 Å². The Morgan fingerprint density at radius 1 is 1.11 bits per heavy atom. The number of rotatable bonds is 5. The molecule has 1 aromatic heterocycles. The Labute approximate surface area is 212 Å². The van der Waals surface area contributed by atoms with Gasteiger partial charge in [0.1, 0.15) is 11.4 Å². The first kappa shape index (κ1) is 26.3. The molecule has 0 spiro atoms. The van der Waals surface area contributed by atoms with Crippen LogP contribution in [-0.4, -0.2) is 35.0 Å². The highest BCUT2D eigenvalue weighted by Gasteiger charge is 2.44. The molecule has 0 bridgehead atoms. The van der Waals surface area contributed by atoms with Crippen LogP contribution in [0.15, 0.2) is 52.0 Å². The predicted octanol–water partition coefficient (Wildman–Crippen LogP) is 6.43. The Balaban J connectivity index is 1.64. The second-order valence-corrected chi connectivity index (χ2v) is 9.89. The number of anilines is 1. The van der Waals surface area contributed by atoms with E-state index in [1.54, 1.807) is 43.0 Å². The van der Waals surface area contributed by atoms with Crippen molar-refractivity contribution in [2.45, 2.75) is 45.2 Å². The normalized spacial score (nSPS) is 19.0. The second kappa shape index (κ2) is 9.60. The Hall–Kier alpha value is -2.76. The maximum atomic E-state index is 13.9. The van der Waals surface area contributed by atoms with E-state index in [2.05, 4.69) is 26.3 Å². The smallest absolute Gasteiger partial charge is 0.350 e. The fourth-order valence-electron chi connectivity index (χ4n) is 4.46. The number of fused-ring (bicyclic) bond motifs is 1. The first-order valence-corrected chi connectivity index (χ1v) is 12.0. The lowest BCUT2D eigenvalue weighted by molar-refractivity contribution is -0.141. The van der Waals surface area contributed by atoms with Crippen LogP contribution in [0.5, 0.6) is 0 Å². The molecule has 0 saturated heterocycles. The van der Waals surface area contributed by atoms with Crippen LogP contribution in [-0.2, 0) is 12.7 Å². The molecule has 194 valence electrons. The van der Waals surface area contributed by atoms with Crippen molar-refractivity contribution in [1.82, 2.24) is 15.1 Å². The number of nitrogens with zero attached hydrogens (tertiary/aromatic N) is 3. The monoisotopic (exact) mass is 576 g/mol. The highest BCUT2D eigenvalue weighted by atomic mass is 79.9. The molecule has 1 N–H and O–H groups in total. The molecule has 5 nitrogen and oxygen atoms in total. The molecule has 1 aromatic carbocycles.